The molecule has 0 heterocycles. The number of nitriles is 1. The first-order chi connectivity index (χ1) is 12.4. The fourth-order valence-corrected chi connectivity index (χ4v) is 2.76. The van der Waals surface area contributed by atoms with E-state index in [0.29, 0.717) is 0 Å². The van der Waals surface area contributed by atoms with Crippen molar-refractivity contribution in [3.63, 3.8) is 0 Å². The van der Waals surface area contributed by atoms with E-state index in [2.05, 4.69) is 35.7 Å². The molecule has 0 aliphatic heterocycles. The lowest BCUT2D eigenvalue weighted by Gasteiger charge is -2.21. The summed E-state index contributed by atoms with van der Waals surface area (Å²) in [5, 5.41) is 13.0. The number of nitrogens with one attached hydrogen (secondary N) is 1. The lowest BCUT2D eigenvalue weighted by atomic mass is 9.98. The van der Waals surface area contributed by atoms with Crippen molar-refractivity contribution in [2.45, 2.75) is 12.1 Å². The van der Waals surface area contributed by atoms with Crippen LogP contribution in [0.1, 0.15) is 22.7 Å². The van der Waals surface area contributed by atoms with Crippen LogP contribution in [0.5, 0.6) is 0 Å². The van der Waals surface area contributed by atoms with Gasteiger partial charge in [0.2, 0.25) is 0 Å². The molecular weight excluding hydrogens is 304 g/mol. The molecule has 0 saturated heterocycles. The van der Waals surface area contributed by atoms with Crippen molar-refractivity contribution in [2.75, 3.05) is 0 Å². The summed E-state index contributed by atoms with van der Waals surface area (Å²) in [5.74, 6) is 0. The van der Waals surface area contributed by atoms with Gasteiger partial charge >= 0.3 is 0 Å². The summed E-state index contributed by atoms with van der Waals surface area (Å²) >= 11 is 0. The standard InChI is InChI=1S/C23H20N2/c24-18-22(17-16-19-10-4-1-5-11-19)25-23(20-12-6-2-7-13-20)21-14-8-3-9-15-21/h1-17,22-23,25H/b17-16+. The summed E-state index contributed by atoms with van der Waals surface area (Å²) in [6.07, 6.45) is 3.89. The Hall–Kier alpha value is -3.15. The minimum Gasteiger partial charge on any atom is -0.288 e. The number of hydrogen-bond donors (Lipinski definition) is 1. The van der Waals surface area contributed by atoms with Gasteiger partial charge in [-0.3, -0.25) is 5.32 Å². The molecule has 122 valence electrons. The van der Waals surface area contributed by atoms with Crippen LogP contribution < -0.4 is 5.32 Å². The van der Waals surface area contributed by atoms with Gasteiger partial charge in [0.05, 0.1) is 12.1 Å². The molecule has 3 aromatic carbocycles. The second kappa shape index (κ2) is 8.63. The summed E-state index contributed by atoms with van der Waals surface area (Å²) in [5.41, 5.74) is 3.37. The van der Waals surface area contributed by atoms with Crippen molar-refractivity contribution < 1.29 is 0 Å². The topological polar surface area (TPSA) is 35.8 Å². The van der Waals surface area contributed by atoms with Gasteiger partial charge in [0.15, 0.2) is 0 Å². The lowest BCUT2D eigenvalue weighted by molar-refractivity contribution is 0.600. The van der Waals surface area contributed by atoms with Crippen molar-refractivity contribution in [3.8, 4) is 6.07 Å². The Balaban J connectivity index is 1.84. The van der Waals surface area contributed by atoms with Gasteiger partial charge < -0.3 is 0 Å². The molecule has 2 nitrogen and oxygen atoms in total. The van der Waals surface area contributed by atoms with Crippen LogP contribution in [0, 0.1) is 11.3 Å². The summed E-state index contributed by atoms with van der Waals surface area (Å²) < 4.78 is 0. The molecule has 0 fully saturated rings. The van der Waals surface area contributed by atoms with Crippen LogP contribution in [0.15, 0.2) is 97.1 Å². The third kappa shape index (κ3) is 4.67. The van der Waals surface area contributed by atoms with Crippen LogP contribution in [0.2, 0.25) is 0 Å². The first-order valence-corrected chi connectivity index (χ1v) is 8.35. The molecule has 3 aromatic rings. The summed E-state index contributed by atoms with van der Waals surface area (Å²) in [6, 6.07) is 32.4. The van der Waals surface area contributed by atoms with Crippen LogP contribution >= 0.6 is 0 Å². The van der Waals surface area contributed by atoms with E-state index in [0.717, 1.165) is 16.7 Å². The quantitative estimate of drug-likeness (QED) is 0.695. The van der Waals surface area contributed by atoms with E-state index in [1.807, 2.05) is 78.9 Å². The SMILES string of the molecule is N#CC(/C=C/c1ccccc1)NC(c1ccccc1)c1ccccc1. The molecule has 0 aliphatic carbocycles. The van der Waals surface area contributed by atoms with E-state index in [-0.39, 0.29) is 12.1 Å². The van der Waals surface area contributed by atoms with E-state index in [1.165, 1.54) is 0 Å². The Morgan fingerprint density at radius 1 is 0.720 bits per heavy atom. The summed E-state index contributed by atoms with van der Waals surface area (Å²) in [4.78, 5) is 0. The minimum atomic E-state index is -0.384. The first-order valence-electron chi connectivity index (χ1n) is 8.35. The van der Waals surface area contributed by atoms with Gasteiger partial charge in [-0.1, -0.05) is 103 Å². The Kier molecular flexibility index (Phi) is 5.77. The van der Waals surface area contributed by atoms with Crippen molar-refractivity contribution >= 4 is 6.08 Å². The van der Waals surface area contributed by atoms with E-state index in [9.17, 15) is 5.26 Å². The highest BCUT2D eigenvalue weighted by atomic mass is 14.9. The zero-order valence-corrected chi connectivity index (χ0v) is 13.9. The highest BCUT2D eigenvalue weighted by Gasteiger charge is 2.16. The molecule has 0 spiro atoms. The normalized spacial score (nSPS) is 12.2. The number of nitrogens with zero attached hydrogens (tertiary/aromatic N) is 1. The third-order valence-electron chi connectivity index (χ3n) is 4.03. The highest BCUT2D eigenvalue weighted by Crippen LogP contribution is 2.22. The molecule has 0 aliphatic rings. The van der Waals surface area contributed by atoms with Crippen LogP contribution in [-0.4, -0.2) is 6.04 Å². The molecule has 1 atom stereocenters. The van der Waals surface area contributed by atoms with Crippen molar-refractivity contribution in [1.82, 2.24) is 5.32 Å². The fourth-order valence-electron chi connectivity index (χ4n) is 2.76. The van der Waals surface area contributed by atoms with Crippen LogP contribution in [0.4, 0.5) is 0 Å². The van der Waals surface area contributed by atoms with Gasteiger partial charge in [-0.15, -0.1) is 0 Å². The van der Waals surface area contributed by atoms with Gasteiger partial charge in [0.1, 0.15) is 6.04 Å². The molecule has 0 aromatic heterocycles. The maximum Gasteiger partial charge on any atom is 0.115 e. The molecule has 0 saturated carbocycles. The van der Waals surface area contributed by atoms with Crippen LogP contribution in [-0.2, 0) is 0 Å². The molecule has 0 amide bonds. The average Bonchev–Trinajstić information content (AvgIpc) is 2.70. The molecule has 1 N–H and O–H groups in total. The lowest BCUT2D eigenvalue weighted by Crippen LogP contribution is -2.31. The predicted molar refractivity (Wildman–Crippen MR) is 103 cm³/mol. The van der Waals surface area contributed by atoms with Gasteiger partial charge in [-0.2, -0.15) is 5.26 Å². The van der Waals surface area contributed by atoms with Gasteiger partial charge in [-0.25, -0.2) is 0 Å². The van der Waals surface area contributed by atoms with Crippen molar-refractivity contribution in [1.29, 1.82) is 5.26 Å². The molecule has 0 radical (unpaired) electrons. The summed E-state index contributed by atoms with van der Waals surface area (Å²) in [7, 11) is 0. The first kappa shape index (κ1) is 16.7. The van der Waals surface area contributed by atoms with E-state index in [1.54, 1.807) is 0 Å². The monoisotopic (exact) mass is 324 g/mol. The third-order valence-corrected chi connectivity index (χ3v) is 4.03. The molecule has 0 bridgehead atoms. The van der Waals surface area contributed by atoms with Gasteiger partial charge in [0, 0.05) is 0 Å². The van der Waals surface area contributed by atoms with Gasteiger partial charge in [0.25, 0.3) is 0 Å². The van der Waals surface area contributed by atoms with E-state index in [4.69, 9.17) is 0 Å². The Morgan fingerprint density at radius 3 is 1.68 bits per heavy atom. The Morgan fingerprint density at radius 2 is 1.20 bits per heavy atom. The maximum atomic E-state index is 9.58. The second-order valence-corrected chi connectivity index (χ2v) is 5.80. The number of hydrogen-bond acceptors (Lipinski definition) is 2. The highest BCUT2D eigenvalue weighted by molar-refractivity contribution is 5.50. The zero-order chi connectivity index (χ0) is 17.3. The average molecular weight is 324 g/mol. The fraction of sp³-hybridized carbons (Fsp3) is 0.0870. The Bertz CT molecular complexity index is 794. The molecule has 2 heteroatoms. The smallest absolute Gasteiger partial charge is 0.115 e. The van der Waals surface area contributed by atoms with Crippen molar-refractivity contribution in [3.05, 3.63) is 114 Å². The van der Waals surface area contributed by atoms with Crippen LogP contribution in [0.3, 0.4) is 0 Å². The van der Waals surface area contributed by atoms with E-state index < -0.39 is 0 Å². The predicted octanol–water partition coefficient (Wildman–Crippen LogP) is 4.97. The minimum absolute atomic E-state index is 0.0347. The number of rotatable bonds is 6. The second-order valence-electron chi connectivity index (χ2n) is 5.80. The van der Waals surface area contributed by atoms with Crippen LogP contribution in [0.25, 0.3) is 6.08 Å². The molecule has 25 heavy (non-hydrogen) atoms. The maximum absolute atomic E-state index is 9.58. The molecule has 1 unspecified atom stereocenters. The summed E-state index contributed by atoms with van der Waals surface area (Å²) in [6.45, 7) is 0. The molecular formula is C23H20N2. The Labute approximate surface area is 149 Å². The van der Waals surface area contributed by atoms with Gasteiger partial charge in [-0.05, 0) is 16.7 Å². The largest absolute Gasteiger partial charge is 0.288 e. The van der Waals surface area contributed by atoms with Crippen molar-refractivity contribution in [2.24, 2.45) is 0 Å². The number of benzene rings is 3. The zero-order valence-electron chi connectivity index (χ0n) is 13.9. The van der Waals surface area contributed by atoms with E-state index >= 15 is 0 Å². The molecule has 3 rings (SSSR count).